The van der Waals surface area contributed by atoms with Crippen LogP contribution >= 0.6 is 10.9 Å². The predicted octanol–water partition coefficient (Wildman–Crippen LogP) is 2.62. The Morgan fingerprint density at radius 3 is 2.87 bits per heavy atom. The van der Waals surface area contributed by atoms with Crippen LogP contribution in [0.3, 0.4) is 0 Å². The second kappa shape index (κ2) is 5.16. The largest absolute Gasteiger partial charge is 0.243 e. The van der Waals surface area contributed by atoms with E-state index in [0.717, 1.165) is 18.0 Å². The summed E-state index contributed by atoms with van der Waals surface area (Å²) in [5.74, 6) is 0.974. The zero-order valence-corrected chi connectivity index (χ0v) is 9.90. The molecule has 2 rings (SSSR count). The van der Waals surface area contributed by atoms with Gasteiger partial charge in [0, 0.05) is 6.20 Å². The lowest BCUT2D eigenvalue weighted by atomic mass is 10.2. The maximum Gasteiger partial charge on any atom is 0.0827 e. The molecule has 0 bridgehead atoms. The minimum Gasteiger partial charge on any atom is -0.243 e. The molecule has 1 aromatic rings. The van der Waals surface area contributed by atoms with E-state index < -0.39 is 0 Å². The zero-order chi connectivity index (χ0) is 10.5. The van der Waals surface area contributed by atoms with Crippen molar-refractivity contribution in [1.29, 1.82) is 0 Å². The number of aromatic nitrogens is 3. The van der Waals surface area contributed by atoms with Gasteiger partial charge in [-0.25, -0.2) is 4.68 Å². The van der Waals surface area contributed by atoms with Crippen LogP contribution in [-0.4, -0.2) is 15.0 Å². The lowest BCUT2D eigenvalue weighted by Gasteiger charge is -2.07. The second-order valence-corrected chi connectivity index (χ2v) is 5.60. The highest BCUT2D eigenvalue weighted by Gasteiger charge is 2.03. The lowest BCUT2D eigenvalue weighted by Crippen LogP contribution is -1.96. The summed E-state index contributed by atoms with van der Waals surface area (Å²) < 4.78 is 1.97. The first-order chi connectivity index (χ1) is 7.38. The van der Waals surface area contributed by atoms with E-state index in [1.807, 2.05) is 4.68 Å². The van der Waals surface area contributed by atoms with Crippen LogP contribution in [-0.2, 0) is 12.3 Å². The molecule has 0 aliphatic carbocycles. The summed E-state index contributed by atoms with van der Waals surface area (Å²) in [6, 6.07) is 0. The first-order valence-corrected chi connectivity index (χ1v) is 7.05. The molecule has 15 heavy (non-hydrogen) atoms. The predicted molar refractivity (Wildman–Crippen MR) is 65.9 cm³/mol. The Morgan fingerprint density at radius 2 is 2.13 bits per heavy atom. The van der Waals surface area contributed by atoms with Crippen LogP contribution in [0.2, 0.25) is 0 Å². The van der Waals surface area contributed by atoms with Gasteiger partial charge in [-0.3, -0.25) is 0 Å². The van der Waals surface area contributed by atoms with E-state index in [9.17, 15) is 0 Å². The Kier molecular flexibility index (Phi) is 3.61. The van der Waals surface area contributed by atoms with E-state index in [1.54, 1.807) is 0 Å². The molecule has 0 N–H and O–H groups in total. The standard InChI is InChI=1S/C11H17N3S/c1-2-3-6-11-9-14(13-12-11)10-15-7-4-5-8-15/h4-5,7-9,15H,2-3,6,10H2,1H3. The molecule has 1 aliphatic rings. The second-order valence-electron chi connectivity index (χ2n) is 3.69. The SMILES string of the molecule is CCCCc1cn(C[SH]2C=CC=C2)nn1. The number of hydrogen-bond donors (Lipinski definition) is 1. The fourth-order valence-corrected chi connectivity index (χ4v) is 2.91. The molecule has 4 heteroatoms. The Bertz CT molecular complexity index is 356. The summed E-state index contributed by atoms with van der Waals surface area (Å²) in [6.45, 7) is 2.20. The molecule has 0 atom stereocenters. The Hall–Kier alpha value is -1.03. The molecule has 2 heterocycles. The van der Waals surface area contributed by atoms with Gasteiger partial charge in [0.2, 0.25) is 0 Å². The van der Waals surface area contributed by atoms with Crippen molar-refractivity contribution in [3.8, 4) is 0 Å². The van der Waals surface area contributed by atoms with E-state index in [1.165, 1.54) is 12.8 Å². The van der Waals surface area contributed by atoms with Gasteiger partial charge in [-0.05, 0) is 23.7 Å². The molecular weight excluding hydrogens is 206 g/mol. The van der Waals surface area contributed by atoms with E-state index >= 15 is 0 Å². The molecule has 0 aromatic carbocycles. The third-order valence-electron chi connectivity index (χ3n) is 2.35. The van der Waals surface area contributed by atoms with Crippen LogP contribution in [0.5, 0.6) is 0 Å². The molecule has 3 nitrogen and oxygen atoms in total. The van der Waals surface area contributed by atoms with Gasteiger partial charge in [-0.2, -0.15) is 10.9 Å². The Morgan fingerprint density at radius 1 is 1.33 bits per heavy atom. The highest BCUT2D eigenvalue weighted by atomic mass is 32.2. The average molecular weight is 223 g/mol. The van der Waals surface area contributed by atoms with Crippen LogP contribution in [0.1, 0.15) is 25.5 Å². The third-order valence-corrected chi connectivity index (χ3v) is 4.07. The van der Waals surface area contributed by atoms with Gasteiger partial charge in [0.15, 0.2) is 0 Å². The monoisotopic (exact) mass is 223 g/mol. The van der Waals surface area contributed by atoms with Crippen molar-refractivity contribution in [3.05, 3.63) is 34.9 Å². The van der Waals surface area contributed by atoms with Crippen molar-refractivity contribution < 1.29 is 0 Å². The summed E-state index contributed by atoms with van der Waals surface area (Å²) in [5.41, 5.74) is 1.12. The molecule has 1 aliphatic heterocycles. The Labute approximate surface area is 93.2 Å². The topological polar surface area (TPSA) is 30.7 Å². The van der Waals surface area contributed by atoms with Gasteiger partial charge in [-0.15, -0.1) is 5.10 Å². The highest BCUT2D eigenvalue weighted by Crippen LogP contribution is 2.33. The van der Waals surface area contributed by atoms with E-state index in [0.29, 0.717) is 0 Å². The number of aryl methyl sites for hydroxylation is 1. The molecule has 0 saturated carbocycles. The van der Waals surface area contributed by atoms with Gasteiger partial charge in [0.1, 0.15) is 0 Å². The van der Waals surface area contributed by atoms with Crippen LogP contribution in [0.15, 0.2) is 29.2 Å². The minimum absolute atomic E-state index is 0.122. The molecule has 0 fully saturated rings. The number of thiol groups is 1. The molecular formula is C11H17N3S. The van der Waals surface area contributed by atoms with Crippen LogP contribution in [0.4, 0.5) is 0 Å². The van der Waals surface area contributed by atoms with Gasteiger partial charge < -0.3 is 0 Å². The van der Waals surface area contributed by atoms with Crippen molar-refractivity contribution in [3.63, 3.8) is 0 Å². The normalized spacial score (nSPS) is 16.5. The van der Waals surface area contributed by atoms with Crippen molar-refractivity contribution >= 4 is 10.9 Å². The molecule has 0 radical (unpaired) electrons. The van der Waals surface area contributed by atoms with Crippen molar-refractivity contribution in [1.82, 2.24) is 15.0 Å². The van der Waals surface area contributed by atoms with Crippen molar-refractivity contribution in [2.75, 3.05) is 0 Å². The van der Waals surface area contributed by atoms with E-state index in [2.05, 4.69) is 46.4 Å². The zero-order valence-electron chi connectivity index (χ0n) is 9.00. The summed E-state index contributed by atoms with van der Waals surface area (Å²) in [7, 11) is -0.122. The first kappa shape index (κ1) is 10.5. The maximum absolute atomic E-state index is 4.17. The molecule has 0 saturated heterocycles. The van der Waals surface area contributed by atoms with Gasteiger partial charge >= 0.3 is 0 Å². The summed E-state index contributed by atoms with van der Waals surface area (Å²) in [5, 5.41) is 12.8. The number of unbranched alkanes of at least 4 members (excludes halogenated alkanes) is 1. The van der Waals surface area contributed by atoms with Crippen molar-refractivity contribution in [2.45, 2.75) is 32.1 Å². The fourth-order valence-electron chi connectivity index (χ4n) is 1.51. The van der Waals surface area contributed by atoms with Crippen molar-refractivity contribution in [2.24, 2.45) is 0 Å². The maximum atomic E-state index is 4.17. The first-order valence-electron chi connectivity index (χ1n) is 5.38. The minimum atomic E-state index is -0.122. The van der Waals surface area contributed by atoms with Gasteiger partial charge in [0.25, 0.3) is 0 Å². The Balaban J connectivity index is 1.89. The molecule has 0 amide bonds. The average Bonchev–Trinajstić information content (AvgIpc) is 2.87. The molecule has 82 valence electrons. The van der Waals surface area contributed by atoms with E-state index in [-0.39, 0.29) is 10.9 Å². The quantitative estimate of drug-likeness (QED) is 0.778. The van der Waals surface area contributed by atoms with Gasteiger partial charge in [0.05, 0.1) is 11.6 Å². The number of nitrogens with zero attached hydrogens (tertiary/aromatic N) is 3. The number of hydrogen-bond acceptors (Lipinski definition) is 2. The number of rotatable bonds is 5. The molecule has 1 aromatic heterocycles. The third kappa shape index (κ3) is 2.96. The molecule has 0 unspecified atom stereocenters. The van der Waals surface area contributed by atoms with Crippen LogP contribution < -0.4 is 0 Å². The molecule has 0 spiro atoms. The highest BCUT2D eigenvalue weighted by molar-refractivity contribution is 8.21. The van der Waals surface area contributed by atoms with Crippen LogP contribution in [0, 0.1) is 0 Å². The van der Waals surface area contributed by atoms with Crippen LogP contribution in [0.25, 0.3) is 0 Å². The number of allylic oxidation sites excluding steroid dienone is 2. The summed E-state index contributed by atoms with van der Waals surface area (Å²) in [6.07, 6.45) is 9.78. The fraction of sp³-hybridized carbons (Fsp3) is 0.455. The van der Waals surface area contributed by atoms with Gasteiger partial charge in [-0.1, -0.05) is 30.7 Å². The van der Waals surface area contributed by atoms with E-state index in [4.69, 9.17) is 0 Å². The summed E-state index contributed by atoms with van der Waals surface area (Å²) in [4.78, 5) is 0. The summed E-state index contributed by atoms with van der Waals surface area (Å²) >= 11 is 0. The lowest BCUT2D eigenvalue weighted by molar-refractivity contribution is 0.698. The smallest absolute Gasteiger partial charge is 0.0827 e.